The van der Waals surface area contributed by atoms with Crippen molar-refractivity contribution in [3.8, 4) is 45.7 Å². The predicted octanol–water partition coefficient (Wildman–Crippen LogP) is 4.43. The van der Waals surface area contributed by atoms with E-state index in [2.05, 4.69) is 52.4 Å². The number of aryl methyl sites for hydroxylation is 2. The van der Waals surface area contributed by atoms with Gasteiger partial charge in [-0.2, -0.15) is 10.1 Å². The van der Waals surface area contributed by atoms with E-state index in [4.69, 9.17) is 14.0 Å². The molecule has 1 N–H and O–H groups in total. The lowest BCUT2D eigenvalue weighted by molar-refractivity contribution is 0.355. The highest BCUT2D eigenvalue weighted by molar-refractivity contribution is 5.71. The molecular weight excluding hydrogens is 356 g/mol. The summed E-state index contributed by atoms with van der Waals surface area (Å²) in [7, 11) is 3.16. The summed E-state index contributed by atoms with van der Waals surface area (Å²) in [5.74, 6) is 1.92. The number of nitrogens with one attached hydrogen (secondary N) is 1. The van der Waals surface area contributed by atoms with Crippen LogP contribution in [0.15, 0.2) is 47.0 Å². The molecule has 4 rings (SSSR count). The number of nitrogens with zero attached hydrogens (tertiary/aromatic N) is 3. The van der Waals surface area contributed by atoms with Crippen LogP contribution in [-0.4, -0.2) is 34.6 Å². The molecule has 0 saturated carbocycles. The van der Waals surface area contributed by atoms with Crippen molar-refractivity contribution in [1.29, 1.82) is 0 Å². The number of H-pyrrole nitrogens is 1. The van der Waals surface area contributed by atoms with Gasteiger partial charge in [-0.3, -0.25) is 5.10 Å². The second-order valence-corrected chi connectivity index (χ2v) is 6.45. The van der Waals surface area contributed by atoms with Gasteiger partial charge in [-0.1, -0.05) is 28.9 Å². The Balaban J connectivity index is 1.70. The normalized spacial score (nSPS) is 10.9. The van der Waals surface area contributed by atoms with Crippen molar-refractivity contribution in [2.75, 3.05) is 14.2 Å². The van der Waals surface area contributed by atoms with E-state index < -0.39 is 0 Å². The quantitative estimate of drug-likeness (QED) is 0.555. The number of ether oxygens (including phenoxy) is 2. The number of benzene rings is 2. The number of hydrogen-bond acceptors (Lipinski definition) is 6. The monoisotopic (exact) mass is 376 g/mol. The first kappa shape index (κ1) is 17.8. The Hall–Kier alpha value is -3.61. The fourth-order valence-corrected chi connectivity index (χ4v) is 3.09. The third kappa shape index (κ3) is 3.11. The van der Waals surface area contributed by atoms with E-state index in [0.29, 0.717) is 34.5 Å². The Morgan fingerprint density at radius 1 is 0.964 bits per heavy atom. The van der Waals surface area contributed by atoms with Gasteiger partial charge in [0.05, 0.1) is 25.5 Å². The number of para-hydroxylation sites is 1. The Bertz CT molecular complexity index is 1130. The van der Waals surface area contributed by atoms with Crippen LogP contribution in [-0.2, 0) is 0 Å². The Labute approximate surface area is 162 Å². The van der Waals surface area contributed by atoms with Crippen molar-refractivity contribution in [3.63, 3.8) is 0 Å². The fourth-order valence-electron chi connectivity index (χ4n) is 3.09. The SMILES string of the molecule is COc1cccc(-c2noc(-c3cc(-c4cc(C)ccc4C)n[nH]3)n2)c1OC. The Kier molecular flexibility index (Phi) is 4.57. The molecule has 7 nitrogen and oxygen atoms in total. The van der Waals surface area contributed by atoms with E-state index in [1.54, 1.807) is 14.2 Å². The summed E-state index contributed by atoms with van der Waals surface area (Å²) in [5, 5.41) is 11.5. The number of hydrogen-bond donors (Lipinski definition) is 1. The smallest absolute Gasteiger partial charge is 0.276 e. The predicted molar refractivity (Wildman–Crippen MR) is 105 cm³/mol. The summed E-state index contributed by atoms with van der Waals surface area (Å²) in [4.78, 5) is 4.50. The molecule has 2 heterocycles. The van der Waals surface area contributed by atoms with Crippen molar-refractivity contribution in [2.24, 2.45) is 0 Å². The summed E-state index contributed by atoms with van der Waals surface area (Å²) in [6, 6.07) is 13.7. The van der Waals surface area contributed by atoms with Crippen molar-refractivity contribution in [3.05, 3.63) is 53.6 Å². The second-order valence-electron chi connectivity index (χ2n) is 6.45. The summed E-state index contributed by atoms with van der Waals surface area (Å²) < 4.78 is 16.2. The van der Waals surface area contributed by atoms with E-state index in [1.165, 1.54) is 5.56 Å². The summed E-state index contributed by atoms with van der Waals surface area (Å²) in [6.45, 7) is 4.12. The molecule has 4 aromatic rings. The van der Waals surface area contributed by atoms with Crippen molar-refractivity contribution < 1.29 is 14.0 Å². The highest BCUT2D eigenvalue weighted by Crippen LogP contribution is 2.37. The van der Waals surface area contributed by atoms with Crippen molar-refractivity contribution >= 4 is 0 Å². The minimum Gasteiger partial charge on any atom is -0.493 e. The van der Waals surface area contributed by atoms with Gasteiger partial charge in [0.25, 0.3) is 5.89 Å². The number of rotatable bonds is 5. The van der Waals surface area contributed by atoms with Gasteiger partial charge >= 0.3 is 0 Å². The largest absolute Gasteiger partial charge is 0.493 e. The molecule has 0 aliphatic heterocycles. The second kappa shape index (κ2) is 7.19. The molecule has 0 aliphatic rings. The third-order valence-corrected chi connectivity index (χ3v) is 4.55. The molecule has 0 aliphatic carbocycles. The molecule has 0 bridgehead atoms. The maximum absolute atomic E-state index is 5.46. The molecule has 0 atom stereocenters. The molecule has 28 heavy (non-hydrogen) atoms. The van der Waals surface area contributed by atoms with Crippen LogP contribution in [0.25, 0.3) is 34.2 Å². The standard InChI is InChI=1S/C21H20N4O3/c1-12-8-9-13(2)15(10-12)16-11-17(24-23-16)21-22-20(25-28-21)14-6-5-7-18(26-3)19(14)27-4/h5-11H,1-4H3,(H,23,24). The third-order valence-electron chi connectivity index (χ3n) is 4.55. The van der Waals surface area contributed by atoms with E-state index in [9.17, 15) is 0 Å². The van der Waals surface area contributed by atoms with Gasteiger partial charge in [-0.25, -0.2) is 0 Å². The van der Waals surface area contributed by atoms with Crippen LogP contribution in [0.4, 0.5) is 0 Å². The first-order valence-electron chi connectivity index (χ1n) is 8.79. The fraction of sp³-hybridized carbons (Fsp3) is 0.190. The molecule has 0 unspecified atom stereocenters. The average molecular weight is 376 g/mol. The highest BCUT2D eigenvalue weighted by Gasteiger charge is 2.19. The summed E-state index contributed by atoms with van der Waals surface area (Å²) in [6.07, 6.45) is 0. The Morgan fingerprint density at radius 2 is 1.82 bits per heavy atom. The van der Waals surface area contributed by atoms with Crippen LogP contribution >= 0.6 is 0 Å². The lowest BCUT2D eigenvalue weighted by Gasteiger charge is -2.09. The van der Waals surface area contributed by atoms with Gasteiger partial charge in [-0.15, -0.1) is 0 Å². The van der Waals surface area contributed by atoms with Crippen LogP contribution in [0, 0.1) is 13.8 Å². The lowest BCUT2D eigenvalue weighted by atomic mass is 10.0. The first-order chi connectivity index (χ1) is 13.6. The molecule has 0 fully saturated rings. The molecule has 0 amide bonds. The molecule has 0 radical (unpaired) electrons. The van der Waals surface area contributed by atoms with Crippen LogP contribution in [0.3, 0.4) is 0 Å². The molecule has 2 aromatic carbocycles. The highest BCUT2D eigenvalue weighted by atomic mass is 16.5. The minimum atomic E-state index is 0.351. The van der Waals surface area contributed by atoms with Crippen LogP contribution < -0.4 is 9.47 Å². The van der Waals surface area contributed by atoms with Crippen LogP contribution in [0.5, 0.6) is 11.5 Å². The molecule has 2 aromatic heterocycles. The molecule has 0 saturated heterocycles. The van der Waals surface area contributed by atoms with Gasteiger partial charge in [-0.05, 0) is 43.7 Å². The topological polar surface area (TPSA) is 86.1 Å². The average Bonchev–Trinajstić information content (AvgIpc) is 3.38. The zero-order valence-corrected chi connectivity index (χ0v) is 16.1. The zero-order valence-electron chi connectivity index (χ0n) is 16.1. The van der Waals surface area contributed by atoms with Crippen LogP contribution in [0.2, 0.25) is 0 Å². The maximum Gasteiger partial charge on any atom is 0.276 e. The summed E-state index contributed by atoms with van der Waals surface area (Å²) >= 11 is 0. The van der Waals surface area contributed by atoms with Gasteiger partial charge in [0.2, 0.25) is 5.82 Å². The molecular formula is C21H20N4O3. The number of methoxy groups -OCH3 is 2. The van der Waals surface area contributed by atoms with Crippen molar-refractivity contribution in [1.82, 2.24) is 20.3 Å². The summed E-state index contributed by atoms with van der Waals surface area (Å²) in [5.41, 5.74) is 5.56. The number of aromatic nitrogens is 4. The van der Waals surface area contributed by atoms with Gasteiger partial charge in [0.15, 0.2) is 11.5 Å². The van der Waals surface area contributed by atoms with E-state index in [-0.39, 0.29) is 0 Å². The van der Waals surface area contributed by atoms with Gasteiger partial charge in [0, 0.05) is 5.56 Å². The van der Waals surface area contributed by atoms with Crippen LogP contribution in [0.1, 0.15) is 11.1 Å². The zero-order chi connectivity index (χ0) is 19.7. The van der Waals surface area contributed by atoms with E-state index in [0.717, 1.165) is 16.8 Å². The molecule has 0 spiro atoms. The Morgan fingerprint density at radius 3 is 2.61 bits per heavy atom. The van der Waals surface area contributed by atoms with Gasteiger partial charge in [0.1, 0.15) is 5.69 Å². The van der Waals surface area contributed by atoms with Gasteiger partial charge < -0.3 is 14.0 Å². The molecule has 142 valence electrons. The maximum atomic E-state index is 5.46. The molecule has 7 heteroatoms. The lowest BCUT2D eigenvalue weighted by Crippen LogP contribution is -1.94. The number of aromatic amines is 1. The minimum absolute atomic E-state index is 0.351. The van der Waals surface area contributed by atoms with E-state index in [1.807, 2.05) is 24.3 Å². The van der Waals surface area contributed by atoms with E-state index >= 15 is 0 Å². The first-order valence-corrected chi connectivity index (χ1v) is 8.79. The van der Waals surface area contributed by atoms with Crippen molar-refractivity contribution in [2.45, 2.75) is 13.8 Å².